The van der Waals surface area contributed by atoms with Gasteiger partial charge in [-0.15, -0.1) is 11.3 Å². The van der Waals surface area contributed by atoms with Crippen molar-refractivity contribution in [1.29, 1.82) is 0 Å². The molecule has 0 aliphatic carbocycles. The SMILES string of the molecule is C=C/C=C\c1sc(/C=C\C=C)c(C=C)c1C=C. The van der Waals surface area contributed by atoms with E-state index in [2.05, 4.69) is 26.3 Å². The molecule has 0 radical (unpaired) electrons. The molecule has 17 heavy (non-hydrogen) atoms. The van der Waals surface area contributed by atoms with E-state index in [9.17, 15) is 0 Å². The first-order valence-corrected chi connectivity index (χ1v) is 6.10. The zero-order valence-corrected chi connectivity index (χ0v) is 10.7. The summed E-state index contributed by atoms with van der Waals surface area (Å²) >= 11 is 1.70. The van der Waals surface area contributed by atoms with E-state index in [4.69, 9.17) is 0 Å². The highest BCUT2D eigenvalue weighted by molar-refractivity contribution is 7.14. The molecule has 86 valence electrons. The summed E-state index contributed by atoms with van der Waals surface area (Å²) in [5, 5.41) is 0. The van der Waals surface area contributed by atoms with E-state index in [1.807, 2.05) is 36.5 Å². The molecule has 0 aliphatic rings. The molecule has 0 amide bonds. The van der Waals surface area contributed by atoms with Crippen molar-refractivity contribution in [1.82, 2.24) is 0 Å². The highest BCUT2D eigenvalue weighted by atomic mass is 32.1. The molecule has 0 spiro atoms. The van der Waals surface area contributed by atoms with E-state index >= 15 is 0 Å². The number of allylic oxidation sites excluding steroid dienone is 4. The van der Waals surface area contributed by atoms with Crippen LogP contribution in [0.3, 0.4) is 0 Å². The second-order valence-electron chi connectivity index (χ2n) is 3.26. The van der Waals surface area contributed by atoms with Crippen molar-refractivity contribution in [2.45, 2.75) is 0 Å². The average Bonchev–Trinajstić information content (AvgIpc) is 2.70. The zero-order valence-electron chi connectivity index (χ0n) is 9.86. The Morgan fingerprint density at radius 1 is 0.706 bits per heavy atom. The normalized spacial score (nSPS) is 10.8. The second kappa shape index (κ2) is 6.66. The highest BCUT2D eigenvalue weighted by Gasteiger charge is 2.09. The third kappa shape index (κ3) is 3.05. The Balaban J connectivity index is 3.36. The fourth-order valence-electron chi connectivity index (χ4n) is 1.47. The molecular formula is C16H16S. The van der Waals surface area contributed by atoms with E-state index in [1.165, 1.54) is 9.75 Å². The lowest BCUT2D eigenvalue weighted by molar-refractivity contribution is 1.74. The molecule has 0 bridgehead atoms. The molecular weight excluding hydrogens is 224 g/mol. The molecule has 0 saturated heterocycles. The molecule has 0 aromatic carbocycles. The third-order valence-electron chi connectivity index (χ3n) is 2.22. The van der Waals surface area contributed by atoms with Gasteiger partial charge >= 0.3 is 0 Å². The fourth-order valence-corrected chi connectivity index (χ4v) is 2.61. The van der Waals surface area contributed by atoms with Gasteiger partial charge in [-0.1, -0.05) is 62.8 Å². The monoisotopic (exact) mass is 240 g/mol. The van der Waals surface area contributed by atoms with Crippen LogP contribution in [0.1, 0.15) is 20.9 Å². The summed E-state index contributed by atoms with van der Waals surface area (Å²) in [4.78, 5) is 2.33. The molecule has 0 saturated carbocycles. The van der Waals surface area contributed by atoms with Gasteiger partial charge in [-0.2, -0.15) is 0 Å². The molecule has 0 aliphatic heterocycles. The fraction of sp³-hybridized carbons (Fsp3) is 0. The van der Waals surface area contributed by atoms with Gasteiger partial charge in [-0.05, 0) is 23.3 Å². The molecule has 1 heterocycles. The van der Waals surface area contributed by atoms with Crippen molar-refractivity contribution in [2.75, 3.05) is 0 Å². The van der Waals surface area contributed by atoms with Crippen molar-refractivity contribution in [3.05, 3.63) is 71.5 Å². The van der Waals surface area contributed by atoms with Crippen LogP contribution < -0.4 is 0 Å². The molecule has 1 aromatic rings. The van der Waals surface area contributed by atoms with Crippen LogP contribution in [0.15, 0.2) is 50.6 Å². The predicted octanol–water partition coefficient (Wildman–Crippen LogP) is 5.43. The van der Waals surface area contributed by atoms with Crippen LogP contribution in [-0.4, -0.2) is 0 Å². The van der Waals surface area contributed by atoms with Crippen LogP contribution in [0.5, 0.6) is 0 Å². The van der Waals surface area contributed by atoms with Gasteiger partial charge in [0.05, 0.1) is 0 Å². The molecule has 1 rings (SSSR count). The van der Waals surface area contributed by atoms with E-state index in [-0.39, 0.29) is 0 Å². The lowest BCUT2D eigenvalue weighted by Gasteiger charge is -1.94. The smallest absolute Gasteiger partial charge is 0.0355 e. The maximum absolute atomic E-state index is 3.86. The van der Waals surface area contributed by atoms with Crippen LogP contribution in [0.4, 0.5) is 0 Å². The zero-order chi connectivity index (χ0) is 12.7. The third-order valence-corrected chi connectivity index (χ3v) is 3.37. The average molecular weight is 240 g/mol. The molecule has 0 unspecified atom stereocenters. The summed E-state index contributed by atoms with van der Waals surface area (Å²) in [6, 6.07) is 0. The summed E-state index contributed by atoms with van der Waals surface area (Å²) in [6.07, 6.45) is 15.2. The minimum Gasteiger partial charge on any atom is -0.135 e. The Bertz CT molecular complexity index is 451. The van der Waals surface area contributed by atoms with E-state index < -0.39 is 0 Å². The van der Waals surface area contributed by atoms with Crippen molar-refractivity contribution < 1.29 is 0 Å². The quantitative estimate of drug-likeness (QED) is 0.581. The van der Waals surface area contributed by atoms with Gasteiger partial charge in [0.25, 0.3) is 0 Å². The Hall–Kier alpha value is -1.86. The minimum absolute atomic E-state index is 1.12. The Morgan fingerprint density at radius 3 is 1.41 bits per heavy atom. The first-order valence-electron chi connectivity index (χ1n) is 5.28. The number of thiophene rings is 1. The minimum atomic E-state index is 1.12. The molecule has 0 nitrogen and oxygen atoms in total. The van der Waals surface area contributed by atoms with Crippen LogP contribution in [0.25, 0.3) is 24.3 Å². The van der Waals surface area contributed by atoms with Gasteiger partial charge in [0.1, 0.15) is 0 Å². The summed E-state index contributed by atoms with van der Waals surface area (Å²) in [6.45, 7) is 15.1. The predicted molar refractivity (Wildman–Crippen MR) is 83.0 cm³/mol. The molecule has 0 atom stereocenters. The van der Waals surface area contributed by atoms with Gasteiger partial charge in [0.15, 0.2) is 0 Å². The van der Waals surface area contributed by atoms with E-state index in [0.717, 1.165) is 11.1 Å². The summed E-state index contributed by atoms with van der Waals surface area (Å²) in [7, 11) is 0. The van der Waals surface area contributed by atoms with E-state index in [1.54, 1.807) is 23.5 Å². The van der Waals surface area contributed by atoms with Gasteiger partial charge in [0.2, 0.25) is 0 Å². The first-order chi connectivity index (χ1) is 8.28. The molecule has 1 aromatic heterocycles. The van der Waals surface area contributed by atoms with Gasteiger partial charge in [-0.3, -0.25) is 0 Å². The highest BCUT2D eigenvalue weighted by Crippen LogP contribution is 2.32. The van der Waals surface area contributed by atoms with Gasteiger partial charge in [0, 0.05) is 9.75 Å². The number of hydrogen-bond donors (Lipinski definition) is 0. The van der Waals surface area contributed by atoms with Crippen LogP contribution in [0.2, 0.25) is 0 Å². The number of hydrogen-bond acceptors (Lipinski definition) is 1. The molecule has 1 heteroatoms. The number of rotatable bonds is 6. The van der Waals surface area contributed by atoms with E-state index in [0.29, 0.717) is 0 Å². The summed E-state index contributed by atoms with van der Waals surface area (Å²) in [5.74, 6) is 0. The Morgan fingerprint density at radius 2 is 1.12 bits per heavy atom. The van der Waals surface area contributed by atoms with Crippen LogP contribution >= 0.6 is 11.3 Å². The Labute approximate surface area is 107 Å². The summed E-state index contributed by atoms with van der Waals surface area (Å²) < 4.78 is 0. The van der Waals surface area contributed by atoms with Crippen LogP contribution in [-0.2, 0) is 0 Å². The van der Waals surface area contributed by atoms with Crippen molar-refractivity contribution in [3.63, 3.8) is 0 Å². The summed E-state index contributed by atoms with van der Waals surface area (Å²) in [5.41, 5.74) is 2.23. The van der Waals surface area contributed by atoms with Gasteiger partial charge < -0.3 is 0 Å². The standard InChI is InChI=1S/C16H16S/c1-5-9-11-15-13(7-3)14(8-4)16(17-15)12-10-6-2/h5-12H,1-4H2/b11-9-,12-10-. The molecule has 0 N–H and O–H groups in total. The first kappa shape index (κ1) is 13.2. The van der Waals surface area contributed by atoms with Crippen molar-refractivity contribution >= 4 is 35.6 Å². The maximum atomic E-state index is 3.86. The maximum Gasteiger partial charge on any atom is 0.0355 e. The largest absolute Gasteiger partial charge is 0.135 e. The second-order valence-corrected chi connectivity index (χ2v) is 4.34. The van der Waals surface area contributed by atoms with Crippen molar-refractivity contribution in [3.8, 4) is 0 Å². The van der Waals surface area contributed by atoms with Gasteiger partial charge in [-0.25, -0.2) is 0 Å². The topological polar surface area (TPSA) is 0 Å². The Kier molecular flexibility index (Phi) is 5.18. The van der Waals surface area contributed by atoms with Crippen molar-refractivity contribution in [2.24, 2.45) is 0 Å². The van der Waals surface area contributed by atoms with Crippen LogP contribution in [0, 0.1) is 0 Å². The lowest BCUT2D eigenvalue weighted by Crippen LogP contribution is -1.76. The lowest BCUT2D eigenvalue weighted by atomic mass is 10.1. The molecule has 0 fully saturated rings.